The van der Waals surface area contributed by atoms with Gasteiger partial charge in [0.2, 0.25) is 0 Å². The molecule has 0 aromatic heterocycles. The first-order valence-corrected chi connectivity index (χ1v) is 6.49. The molecule has 13 heavy (non-hydrogen) atoms. The predicted molar refractivity (Wildman–Crippen MR) is 54.6 cm³/mol. The van der Waals surface area contributed by atoms with E-state index in [-0.39, 0.29) is 0 Å². The average Bonchev–Trinajstić information content (AvgIpc) is 2.21. The summed E-state index contributed by atoms with van der Waals surface area (Å²) in [5.74, 6) is 0. The Kier molecular flexibility index (Phi) is 6.53. The third-order valence-corrected chi connectivity index (χ3v) is 4.95. The van der Waals surface area contributed by atoms with Gasteiger partial charge in [0.05, 0.1) is 6.17 Å². The fraction of sp³-hybridized carbons (Fsp3) is 1.00. The van der Waals surface area contributed by atoms with Gasteiger partial charge in [-0.05, 0) is 13.1 Å². The van der Waals surface area contributed by atoms with Crippen LogP contribution in [0.15, 0.2) is 0 Å². The van der Waals surface area contributed by atoms with E-state index >= 15 is 0 Å². The summed E-state index contributed by atoms with van der Waals surface area (Å²) in [5.41, 5.74) is 0. The molecule has 0 atom stereocenters. The van der Waals surface area contributed by atoms with E-state index in [1.807, 2.05) is 0 Å². The first-order valence-electron chi connectivity index (χ1n) is 4.55. The van der Waals surface area contributed by atoms with Crippen LogP contribution >= 0.6 is 0 Å². The van der Waals surface area contributed by atoms with E-state index in [4.69, 9.17) is 13.3 Å². The molecule has 0 bridgehead atoms. The fourth-order valence-electron chi connectivity index (χ4n) is 1.16. The van der Waals surface area contributed by atoms with Gasteiger partial charge in [-0.1, -0.05) is 13.8 Å². The molecule has 0 spiro atoms. The lowest BCUT2D eigenvalue weighted by Gasteiger charge is -2.29. The van der Waals surface area contributed by atoms with Crippen LogP contribution in [-0.2, 0) is 13.3 Å². The predicted octanol–water partition coefficient (Wildman–Crippen LogP) is 0.745. The van der Waals surface area contributed by atoms with Crippen molar-refractivity contribution in [2.75, 3.05) is 40.6 Å². The van der Waals surface area contributed by atoms with Gasteiger partial charge in [-0.2, -0.15) is 0 Å². The van der Waals surface area contributed by atoms with Crippen molar-refractivity contribution >= 4 is 8.80 Å². The molecule has 4 nitrogen and oxygen atoms in total. The molecule has 0 aromatic carbocycles. The minimum Gasteiger partial charge on any atom is -0.376 e. The standard InChI is InChI=1S/C8H21NO3Si/c1-6-9(7-2)8-13(10-3,11-4)12-5/h6-8H2,1-5H3. The Morgan fingerprint density at radius 2 is 1.31 bits per heavy atom. The first kappa shape index (κ1) is 13.1. The van der Waals surface area contributed by atoms with Gasteiger partial charge in [0.25, 0.3) is 0 Å². The second-order valence-corrected chi connectivity index (χ2v) is 5.66. The van der Waals surface area contributed by atoms with Crippen molar-refractivity contribution in [3.8, 4) is 0 Å². The summed E-state index contributed by atoms with van der Waals surface area (Å²) in [7, 11) is 2.53. The number of hydrogen-bond acceptors (Lipinski definition) is 4. The Morgan fingerprint density at radius 1 is 0.923 bits per heavy atom. The molecule has 0 fully saturated rings. The zero-order valence-electron chi connectivity index (χ0n) is 9.29. The molecule has 0 rings (SSSR count). The molecular formula is C8H21NO3Si. The summed E-state index contributed by atoms with van der Waals surface area (Å²) < 4.78 is 16.0. The minimum atomic E-state index is -2.40. The van der Waals surface area contributed by atoms with Crippen LogP contribution in [0.3, 0.4) is 0 Å². The van der Waals surface area contributed by atoms with Gasteiger partial charge in [-0.25, -0.2) is 0 Å². The van der Waals surface area contributed by atoms with Crippen LogP contribution in [0.4, 0.5) is 0 Å². The zero-order chi connectivity index (χ0) is 10.3. The maximum atomic E-state index is 5.32. The van der Waals surface area contributed by atoms with E-state index < -0.39 is 8.80 Å². The molecule has 0 unspecified atom stereocenters. The molecule has 80 valence electrons. The van der Waals surface area contributed by atoms with Gasteiger partial charge in [0.1, 0.15) is 0 Å². The molecule has 0 saturated carbocycles. The summed E-state index contributed by atoms with van der Waals surface area (Å²) in [4.78, 5) is 2.24. The van der Waals surface area contributed by atoms with E-state index in [1.165, 1.54) is 0 Å². The highest BCUT2D eigenvalue weighted by Gasteiger charge is 2.39. The lowest BCUT2D eigenvalue weighted by molar-refractivity contribution is 0.105. The molecule has 0 heterocycles. The third kappa shape index (κ3) is 3.74. The van der Waals surface area contributed by atoms with E-state index in [0.717, 1.165) is 19.3 Å². The second-order valence-electron chi connectivity index (χ2n) is 2.76. The molecule has 0 aromatic rings. The van der Waals surface area contributed by atoms with Crippen LogP contribution in [0.2, 0.25) is 0 Å². The number of nitrogens with zero attached hydrogens (tertiary/aromatic N) is 1. The van der Waals surface area contributed by atoms with Crippen LogP contribution in [0.5, 0.6) is 0 Å². The lowest BCUT2D eigenvalue weighted by atomic mass is 10.6. The highest BCUT2D eigenvalue weighted by atomic mass is 28.4. The van der Waals surface area contributed by atoms with Gasteiger partial charge in [0.15, 0.2) is 0 Å². The van der Waals surface area contributed by atoms with Gasteiger partial charge in [0, 0.05) is 21.3 Å². The van der Waals surface area contributed by atoms with Crippen molar-refractivity contribution < 1.29 is 13.3 Å². The van der Waals surface area contributed by atoms with Crippen molar-refractivity contribution in [2.24, 2.45) is 0 Å². The van der Waals surface area contributed by atoms with Crippen molar-refractivity contribution in [1.82, 2.24) is 4.90 Å². The monoisotopic (exact) mass is 207 g/mol. The van der Waals surface area contributed by atoms with Gasteiger partial charge >= 0.3 is 8.80 Å². The number of rotatable bonds is 7. The fourth-order valence-corrected chi connectivity index (χ4v) is 3.05. The Hall–Kier alpha value is 0.0569. The SMILES string of the molecule is CCN(CC)C[Si](OC)(OC)OC. The lowest BCUT2D eigenvalue weighted by Crippen LogP contribution is -2.53. The normalized spacial score (nSPS) is 12.5. The van der Waals surface area contributed by atoms with Gasteiger partial charge < -0.3 is 13.3 Å². The summed E-state index contributed by atoms with van der Waals surface area (Å²) >= 11 is 0. The zero-order valence-corrected chi connectivity index (χ0v) is 10.3. The van der Waals surface area contributed by atoms with Gasteiger partial charge in [-0.15, -0.1) is 0 Å². The van der Waals surface area contributed by atoms with Crippen molar-refractivity contribution in [3.63, 3.8) is 0 Å². The summed E-state index contributed by atoms with van der Waals surface area (Å²) in [6, 6.07) is 0. The largest absolute Gasteiger partial charge is 0.514 e. The molecule has 0 N–H and O–H groups in total. The second kappa shape index (κ2) is 6.50. The van der Waals surface area contributed by atoms with Crippen LogP contribution in [-0.4, -0.2) is 54.3 Å². The molecule has 0 radical (unpaired) electrons. The maximum absolute atomic E-state index is 5.32. The van der Waals surface area contributed by atoms with Crippen LogP contribution < -0.4 is 0 Å². The van der Waals surface area contributed by atoms with Crippen LogP contribution in [0, 0.1) is 0 Å². The third-order valence-electron chi connectivity index (χ3n) is 2.24. The minimum absolute atomic E-state index is 0.753. The Labute approximate surface area is 82.1 Å². The van der Waals surface area contributed by atoms with Crippen molar-refractivity contribution in [3.05, 3.63) is 0 Å². The quantitative estimate of drug-likeness (QED) is 0.576. The Bertz CT molecular complexity index is 118. The summed E-state index contributed by atoms with van der Waals surface area (Å²) in [5, 5.41) is 0. The summed E-state index contributed by atoms with van der Waals surface area (Å²) in [6.07, 6.45) is 0.753. The van der Waals surface area contributed by atoms with Crippen LogP contribution in [0.25, 0.3) is 0 Å². The van der Waals surface area contributed by atoms with Gasteiger partial charge in [-0.3, -0.25) is 4.90 Å². The Balaban J connectivity index is 4.21. The molecule has 0 aliphatic rings. The van der Waals surface area contributed by atoms with E-state index in [9.17, 15) is 0 Å². The highest BCUT2D eigenvalue weighted by Crippen LogP contribution is 2.08. The number of hydrogen-bond donors (Lipinski definition) is 0. The molecule has 0 aliphatic carbocycles. The average molecular weight is 207 g/mol. The smallest absolute Gasteiger partial charge is 0.376 e. The molecule has 5 heteroatoms. The maximum Gasteiger partial charge on any atom is 0.514 e. The Morgan fingerprint density at radius 3 is 1.54 bits per heavy atom. The van der Waals surface area contributed by atoms with Crippen molar-refractivity contribution in [1.29, 1.82) is 0 Å². The molecule has 0 saturated heterocycles. The van der Waals surface area contributed by atoms with E-state index in [0.29, 0.717) is 0 Å². The molecular weight excluding hydrogens is 186 g/mol. The topological polar surface area (TPSA) is 30.9 Å². The first-order chi connectivity index (χ1) is 6.17. The molecule has 0 aliphatic heterocycles. The summed E-state index contributed by atoms with van der Waals surface area (Å²) in [6.45, 7) is 6.20. The molecule has 0 amide bonds. The van der Waals surface area contributed by atoms with E-state index in [2.05, 4.69) is 18.7 Å². The van der Waals surface area contributed by atoms with Crippen LogP contribution in [0.1, 0.15) is 13.8 Å². The van der Waals surface area contributed by atoms with Crippen molar-refractivity contribution in [2.45, 2.75) is 13.8 Å². The highest BCUT2D eigenvalue weighted by molar-refractivity contribution is 6.60. The van der Waals surface area contributed by atoms with E-state index in [1.54, 1.807) is 21.3 Å².